The molecule has 2 fully saturated rings. The number of amides is 2. The van der Waals surface area contributed by atoms with Crippen LogP contribution in [0.25, 0.3) is 0 Å². The Hall–Kier alpha value is -2.89. The van der Waals surface area contributed by atoms with Crippen molar-refractivity contribution in [1.82, 2.24) is 14.8 Å². The van der Waals surface area contributed by atoms with Crippen molar-refractivity contribution in [2.24, 2.45) is 5.92 Å². The minimum absolute atomic E-state index is 0.102. The lowest BCUT2D eigenvalue weighted by Crippen LogP contribution is -2.51. The van der Waals surface area contributed by atoms with E-state index < -0.39 is 0 Å². The highest BCUT2D eigenvalue weighted by atomic mass is 16.5. The number of carbonyl (C=O) groups excluding carboxylic acids is 2. The van der Waals surface area contributed by atoms with Crippen LogP contribution in [0.2, 0.25) is 0 Å². The monoisotopic (exact) mass is 351 g/mol. The van der Waals surface area contributed by atoms with Gasteiger partial charge in [-0.25, -0.2) is 4.98 Å². The van der Waals surface area contributed by atoms with E-state index in [-0.39, 0.29) is 17.7 Å². The average Bonchev–Trinajstić information content (AvgIpc) is 3.54. The number of aromatic nitrogens is 1. The van der Waals surface area contributed by atoms with Gasteiger partial charge in [-0.3, -0.25) is 9.59 Å². The molecule has 0 radical (unpaired) electrons. The number of piperazine rings is 1. The molecule has 2 amide bonds. The minimum Gasteiger partial charge on any atom is -0.456 e. The summed E-state index contributed by atoms with van der Waals surface area (Å²) in [4.78, 5) is 32.6. The number of benzene rings is 1. The van der Waals surface area contributed by atoms with Crippen LogP contribution in [0.5, 0.6) is 11.5 Å². The van der Waals surface area contributed by atoms with E-state index in [9.17, 15) is 9.59 Å². The second kappa shape index (κ2) is 7.15. The zero-order valence-corrected chi connectivity index (χ0v) is 14.5. The highest BCUT2D eigenvalue weighted by molar-refractivity contribution is 5.92. The molecule has 0 bridgehead atoms. The Morgan fingerprint density at radius 1 is 0.885 bits per heavy atom. The van der Waals surface area contributed by atoms with E-state index in [1.165, 1.54) is 0 Å². The molecule has 134 valence electrons. The molecule has 0 unspecified atom stereocenters. The molecule has 1 saturated carbocycles. The molecule has 26 heavy (non-hydrogen) atoms. The maximum Gasteiger partial charge on any atom is 0.272 e. The predicted molar refractivity (Wildman–Crippen MR) is 96.0 cm³/mol. The average molecular weight is 351 g/mol. The van der Waals surface area contributed by atoms with Crippen molar-refractivity contribution in [1.29, 1.82) is 0 Å². The number of pyridine rings is 1. The van der Waals surface area contributed by atoms with Crippen LogP contribution < -0.4 is 4.74 Å². The lowest BCUT2D eigenvalue weighted by atomic mass is 10.2. The molecule has 6 heteroatoms. The molecule has 4 rings (SSSR count). The van der Waals surface area contributed by atoms with Crippen LogP contribution >= 0.6 is 0 Å². The number of nitrogens with zero attached hydrogens (tertiary/aromatic N) is 3. The highest BCUT2D eigenvalue weighted by Crippen LogP contribution is 2.31. The summed E-state index contributed by atoms with van der Waals surface area (Å²) in [5.74, 6) is 1.70. The van der Waals surface area contributed by atoms with Gasteiger partial charge in [0.15, 0.2) is 0 Å². The Balaban J connectivity index is 1.34. The van der Waals surface area contributed by atoms with E-state index in [0.29, 0.717) is 37.6 Å². The fraction of sp³-hybridized carbons (Fsp3) is 0.350. The standard InChI is InChI=1S/C20H21N3O3/c24-19(15-6-7-15)22-10-12-23(13-11-22)20(25)18-9-8-17(14-21-18)26-16-4-2-1-3-5-16/h1-5,8-9,14-15H,6-7,10-13H2. The second-order valence-corrected chi connectivity index (χ2v) is 6.69. The Bertz CT molecular complexity index is 780. The van der Waals surface area contributed by atoms with E-state index in [1.807, 2.05) is 35.2 Å². The molecule has 1 aliphatic heterocycles. The van der Waals surface area contributed by atoms with Crippen molar-refractivity contribution >= 4 is 11.8 Å². The highest BCUT2D eigenvalue weighted by Gasteiger charge is 2.35. The minimum atomic E-state index is -0.102. The number of ether oxygens (including phenoxy) is 1. The van der Waals surface area contributed by atoms with Crippen LogP contribution in [0, 0.1) is 5.92 Å². The third-order valence-electron chi connectivity index (χ3n) is 4.74. The molecular weight excluding hydrogens is 330 g/mol. The van der Waals surface area contributed by atoms with Crippen molar-refractivity contribution < 1.29 is 14.3 Å². The molecule has 1 aromatic heterocycles. The summed E-state index contributed by atoms with van der Waals surface area (Å²) in [6.45, 7) is 2.33. The molecule has 1 saturated heterocycles. The van der Waals surface area contributed by atoms with Crippen molar-refractivity contribution in [3.8, 4) is 11.5 Å². The first-order valence-corrected chi connectivity index (χ1v) is 8.98. The smallest absolute Gasteiger partial charge is 0.272 e. The van der Waals surface area contributed by atoms with Crippen LogP contribution in [-0.4, -0.2) is 52.8 Å². The summed E-state index contributed by atoms with van der Waals surface area (Å²) in [5, 5.41) is 0. The number of hydrogen-bond donors (Lipinski definition) is 0. The fourth-order valence-electron chi connectivity index (χ4n) is 3.07. The predicted octanol–water partition coefficient (Wildman–Crippen LogP) is 2.57. The number of hydrogen-bond acceptors (Lipinski definition) is 4. The molecule has 6 nitrogen and oxygen atoms in total. The summed E-state index contributed by atoms with van der Waals surface area (Å²) in [5.41, 5.74) is 0.396. The molecule has 1 aliphatic carbocycles. The normalized spacial score (nSPS) is 17.1. The lowest BCUT2D eigenvalue weighted by Gasteiger charge is -2.34. The maximum atomic E-state index is 12.6. The van der Waals surface area contributed by atoms with Gasteiger partial charge in [0.2, 0.25) is 5.91 Å². The van der Waals surface area contributed by atoms with Gasteiger partial charge >= 0.3 is 0 Å². The summed E-state index contributed by atoms with van der Waals surface area (Å²) in [6.07, 6.45) is 3.59. The van der Waals surface area contributed by atoms with Gasteiger partial charge in [-0.2, -0.15) is 0 Å². The Morgan fingerprint density at radius 3 is 2.19 bits per heavy atom. The number of carbonyl (C=O) groups is 2. The van der Waals surface area contributed by atoms with Crippen LogP contribution in [0.3, 0.4) is 0 Å². The molecule has 2 aliphatic rings. The largest absolute Gasteiger partial charge is 0.456 e. The van der Waals surface area contributed by atoms with Gasteiger partial charge in [-0.15, -0.1) is 0 Å². The first-order chi connectivity index (χ1) is 12.7. The van der Waals surface area contributed by atoms with E-state index in [1.54, 1.807) is 23.2 Å². The Kier molecular flexibility index (Phi) is 4.56. The lowest BCUT2D eigenvalue weighted by molar-refractivity contribution is -0.134. The van der Waals surface area contributed by atoms with Gasteiger partial charge in [0, 0.05) is 32.1 Å². The Morgan fingerprint density at radius 2 is 1.58 bits per heavy atom. The van der Waals surface area contributed by atoms with Crippen LogP contribution in [0.1, 0.15) is 23.3 Å². The first kappa shape index (κ1) is 16.6. The van der Waals surface area contributed by atoms with Crippen LogP contribution in [0.4, 0.5) is 0 Å². The number of para-hydroxylation sites is 1. The summed E-state index contributed by atoms with van der Waals surface area (Å²) in [6, 6.07) is 12.9. The topological polar surface area (TPSA) is 62.7 Å². The van der Waals surface area contributed by atoms with E-state index in [4.69, 9.17) is 4.74 Å². The first-order valence-electron chi connectivity index (χ1n) is 8.98. The van der Waals surface area contributed by atoms with Crippen molar-refractivity contribution in [3.05, 3.63) is 54.4 Å². The van der Waals surface area contributed by atoms with Gasteiger partial charge in [0.05, 0.1) is 6.20 Å². The van der Waals surface area contributed by atoms with Crippen molar-refractivity contribution in [2.45, 2.75) is 12.8 Å². The van der Waals surface area contributed by atoms with Gasteiger partial charge in [0.25, 0.3) is 5.91 Å². The van der Waals surface area contributed by atoms with Gasteiger partial charge in [-0.1, -0.05) is 18.2 Å². The number of rotatable bonds is 4. The quantitative estimate of drug-likeness (QED) is 0.849. The van der Waals surface area contributed by atoms with E-state index >= 15 is 0 Å². The van der Waals surface area contributed by atoms with E-state index in [0.717, 1.165) is 18.6 Å². The maximum absolute atomic E-state index is 12.6. The van der Waals surface area contributed by atoms with Gasteiger partial charge in [0.1, 0.15) is 17.2 Å². The molecule has 2 aromatic rings. The summed E-state index contributed by atoms with van der Waals surface area (Å²) < 4.78 is 5.70. The van der Waals surface area contributed by atoms with Crippen molar-refractivity contribution in [2.75, 3.05) is 26.2 Å². The zero-order valence-electron chi connectivity index (χ0n) is 14.5. The second-order valence-electron chi connectivity index (χ2n) is 6.69. The van der Waals surface area contributed by atoms with Crippen molar-refractivity contribution in [3.63, 3.8) is 0 Å². The molecule has 0 N–H and O–H groups in total. The molecule has 0 atom stereocenters. The zero-order chi connectivity index (χ0) is 17.9. The fourth-order valence-corrected chi connectivity index (χ4v) is 3.07. The SMILES string of the molecule is O=C(c1ccc(Oc2ccccc2)cn1)N1CCN(C(=O)C2CC2)CC1. The molecule has 2 heterocycles. The third kappa shape index (κ3) is 3.69. The van der Waals surface area contributed by atoms with Gasteiger partial charge in [-0.05, 0) is 37.1 Å². The van der Waals surface area contributed by atoms with E-state index in [2.05, 4.69) is 4.98 Å². The van der Waals surface area contributed by atoms with Crippen LogP contribution in [-0.2, 0) is 4.79 Å². The molecular formula is C20H21N3O3. The molecule has 0 spiro atoms. The van der Waals surface area contributed by atoms with Crippen LogP contribution in [0.15, 0.2) is 48.7 Å². The summed E-state index contributed by atoms with van der Waals surface area (Å²) in [7, 11) is 0. The van der Waals surface area contributed by atoms with Gasteiger partial charge < -0.3 is 14.5 Å². The summed E-state index contributed by atoms with van der Waals surface area (Å²) >= 11 is 0. The third-order valence-corrected chi connectivity index (χ3v) is 4.74. The Labute approximate surface area is 152 Å². The molecule has 1 aromatic carbocycles.